The Labute approximate surface area is 134 Å². The Morgan fingerprint density at radius 2 is 2.15 bits per heavy atom. The van der Waals surface area contributed by atoms with Crippen molar-refractivity contribution in [2.24, 2.45) is 5.92 Å². The van der Waals surface area contributed by atoms with Gasteiger partial charge in [0.2, 0.25) is 10.0 Å². The Morgan fingerprint density at radius 1 is 1.45 bits per heavy atom. The van der Waals surface area contributed by atoms with E-state index in [1.165, 1.54) is 0 Å². The maximum absolute atomic E-state index is 12.6. The zero-order valence-corrected chi connectivity index (χ0v) is 14.6. The molecule has 0 radical (unpaired) electrons. The summed E-state index contributed by atoms with van der Waals surface area (Å²) >= 11 is 9.49. The fraction of sp³-hybridized carbons (Fsp3) is 0.571. The Kier molecular flexibility index (Phi) is 5.16. The molecule has 1 aliphatic rings. The maximum atomic E-state index is 12.6. The van der Waals surface area contributed by atoms with Crippen LogP contribution >= 0.6 is 27.5 Å². The predicted molar refractivity (Wildman–Crippen MR) is 85.9 cm³/mol. The van der Waals surface area contributed by atoms with Crippen molar-refractivity contribution in [2.45, 2.75) is 43.0 Å². The van der Waals surface area contributed by atoms with E-state index in [2.05, 4.69) is 27.6 Å². The van der Waals surface area contributed by atoms with Crippen molar-refractivity contribution >= 4 is 37.6 Å². The number of alkyl halides is 1. The van der Waals surface area contributed by atoms with Crippen molar-refractivity contribution in [3.8, 4) is 0 Å². The van der Waals surface area contributed by atoms with Crippen LogP contribution in [0.25, 0.3) is 0 Å². The molecule has 112 valence electrons. The van der Waals surface area contributed by atoms with E-state index < -0.39 is 15.6 Å². The Morgan fingerprint density at radius 3 is 2.75 bits per heavy atom. The van der Waals surface area contributed by atoms with Crippen molar-refractivity contribution in [3.05, 3.63) is 29.3 Å². The molecule has 20 heavy (non-hydrogen) atoms. The number of rotatable bonds is 4. The SMILES string of the molecule is CC1CCCC(CBr)(NS(=O)(=O)c2ccccc2Cl)C1. The number of halogens is 2. The second-order valence-electron chi connectivity index (χ2n) is 5.65. The van der Waals surface area contributed by atoms with Gasteiger partial charge in [-0.1, -0.05) is 59.4 Å². The maximum Gasteiger partial charge on any atom is 0.242 e. The van der Waals surface area contributed by atoms with Crippen LogP contribution in [0.1, 0.15) is 32.6 Å². The van der Waals surface area contributed by atoms with Gasteiger partial charge in [-0.05, 0) is 30.9 Å². The standard InChI is InChI=1S/C14H19BrClNO2S/c1-11-5-4-8-14(9-11,10-15)17-20(18,19)13-7-3-2-6-12(13)16/h2-3,6-7,11,17H,4-5,8-10H2,1H3. The molecule has 1 aliphatic carbocycles. The average Bonchev–Trinajstić information content (AvgIpc) is 2.38. The summed E-state index contributed by atoms with van der Waals surface area (Å²) in [4.78, 5) is 0.153. The van der Waals surface area contributed by atoms with E-state index in [-0.39, 0.29) is 9.92 Å². The zero-order valence-electron chi connectivity index (χ0n) is 11.4. The first-order chi connectivity index (χ1) is 9.38. The molecule has 0 aliphatic heterocycles. The molecule has 1 saturated carbocycles. The summed E-state index contributed by atoms with van der Waals surface area (Å²) in [6.45, 7) is 2.17. The van der Waals surface area contributed by atoms with Crippen LogP contribution in [0.3, 0.4) is 0 Å². The highest BCUT2D eigenvalue weighted by Gasteiger charge is 2.38. The fourth-order valence-corrected chi connectivity index (χ4v) is 5.70. The van der Waals surface area contributed by atoms with Gasteiger partial charge in [-0.25, -0.2) is 13.1 Å². The molecule has 0 amide bonds. The van der Waals surface area contributed by atoms with Crippen LogP contribution in [0.5, 0.6) is 0 Å². The third-order valence-corrected chi connectivity index (χ3v) is 6.98. The molecule has 6 heteroatoms. The molecule has 0 aromatic heterocycles. The van der Waals surface area contributed by atoms with Crippen LogP contribution in [0, 0.1) is 5.92 Å². The summed E-state index contributed by atoms with van der Waals surface area (Å²) in [5.41, 5.74) is -0.407. The second-order valence-corrected chi connectivity index (χ2v) is 8.27. The van der Waals surface area contributed by atoms with Gasteiger partial charge in [0, 0.05) is 10.9 Å². The smallest absolute Gasteiger partial charge is 0.207 e. The van der Waals surface area contributed by atoms with Crippen LogP contribution in [0.2, 0.25) is 5.02 Å². The molecule has 0 heterocycles. The van der Waals surface area contributed by atoms with E-state index in [4.69, 9.17) is 11.6 Å². The summed E-state index contributed by atoms with van der Waals surface area (Å²) in [5.74, 6) is 0.523. The second kappa shape index (κ2) is 6.34. The molecular weight excluding hydrogens is 362 g/mol. The topological polar surface area (TPSA) is 46.2 Å². The van der Waals surface area contributed by atoms with Crippen LogP contribution in [-0.4, -0.2) is 19.3 Å². The van der Waals surface area contributed by atoms with E-state index >= 15 is 0 Å². The van der Waals surface area contributed by atoms with Crippen LogP contribution in [0.15, 0.2) is 29.2 Å². The fourth-order valence-electron chi connectivity index (χ4n) is 2.90. The van der Waals surface area contributed by atoms with Crippen molar-refractivity contribution < 1.29 is 8.42 Å². The first-order valence-corrected chi connectivity index (χ1v) is 9.71. The lowest BCUT2D eigenvalue weighted by molar-refractivity contribution is 0.241. The molecule has 1 fully saturated rings. The Bertz CT molecular complexity index is 578. The van der Waals surface area contributed by atoms with Crippen LogP contribution in [-0.2, 0) is 10.0 Å². The molecule has 1 aromatic carbocycles. The van der Waals surface area contributed by atoms with E-state index in [0.717, 1.165) is 25.7 Å². The van der Waals surface area contributed by atoms with E-state index in [1.807, 2.05) is 0 Å². The normalized spacial score (nSPS) is 27.4. The molecule has 1 aromatic rings. The summed E-state index contributed by atoms with van der Waals surface area (Å²) in [6, 6.07) is 6.55. The lowest BCUT2D eigenvalue weighted by atomic mass is 9.78. The lowest BCUT2D eigenvalue weighted by Crippen LogP contribution is -2.52. The van der Waals surface area contributed by atoms with Crippen LogP contribution < -0.4 is 4.72 Å². The molecular formula is C14H19BrClNO2S. The molecule has 0 spiro atoms. The third-order valence-electron chi connectivity index (χ3n) is 3.82. The summed E-state index contributed by atoms with van der Waals surface area (Å²) in [5, 5.41) is 0.877. The molecule has 3 nitrogen and oxygen atoms in total. The minimum atomic E-state index is -3.60. The van der Waals surface area contributed by atoms with Gasteiger partial charge in [0.1, 0.15) is 4.90 Å². The number of nitrogens with one attached hydrogen (secondary N) is 1. The highest BCUT2D eigenvalue weighted by atomic mass is 79.9. The van der Waals surface area contributed by atoms with Crippen molar-refractivity contribution in [3.63, 3.8) is 0 Å². The van der Waals surface area contributed by atoms with Gasteiger partial charge < -0.3 is 0 Å². The zero-order chi connectivity index (χ0) is 14.8. The summed E-state index contributed by atoms with van der Waals surface area (Å²) in [6.07, 6.45) is 3.90. The van der Waals surface area contributed by atoms with Crippen molar-refractivity contribution in [1.29, 1.82) is 0 Å². The first-order valence-electron chi connectivity index (χ1n) is 6.73. The van der Waals surface area contributed by atoms with Gasteiger partial charge in [0.15, 0.2) is 0 Å². The number of hydrogen-bond acceptors (Lipinski definition) is 2. The van der Waals surface area contributed by atoms with Gasteiger partial charge in [-0.2, -0.15) is 0 Å². The predicted octanol–water partition coefficient (Wildman–Crippen LogP) is 3.96. The minimum Gasteiger partial charge on any atom is -0.207 e. The summed E-state index contributed by atoms with van der Waals surface area (Å²) < 4.78 is 28.0. The molecule has 1 N–H and O–H groups in total. The van der Waals surface area contributed by atoms with Gasteiger partial charge >= 0.3 is 0 Å². The van der Waals surface area contributed by atoms with E-state index in [0.29, 0.717) is 11.2 Å². The lowest BCUT2D eigenvalue weighted by Gasteiger charge is -2.39. The Hall–Kier alpha value is -0.100. The molecule has 0 saturated heterocycles. The average molecular weight is 381 g/mol. The van der Waals surface area contributed by atoms with Crippen molar-refractivity contribution in [1.82, 2.24) is 4.72 Å². The van der Waals surface area contributed by atoms with Gasteiger partial charge in [-0.3, -0.25) is 0 Å². The largest absolute Gasteiger partial charge is 0.242 e. The number of hydrogen-bond donors (Lipinski definition) is 1. The van der Waals surface area contributed by atoms with Gasteiger partial charge in [-0.15, -0.1) is 0 Å². The Balaban J connectivity index is 2.29. The molecule has 2 atom stereocenters. The molecule has 2 rings (SSSR count). The minimum absolute atomic E-state index is 0.153. The molecule has 0 bridgehead atoms. The molecule has 2 unspecified atom stereocenters. The monoisotopic (exact) mass is 379 g/mol. The quantitative estimate of drug-likeness (QED) is 0.804. The highest BCUT2D eigenvalue weighted by molar-refractivity contribution is 9.09. The van der Waals surface area contributed by atoms with Gasteiger partial charge in [0.05, 0.1) is 5.02 Å². The number of benzene rings is 1. The van der Waals surface area contributed by atoms with Gasteiger partial charge in [0.25, 0.3) is 0 Å². The third kappa shape index (κ3) is 3.56. The van der Waals surface area contributed by atoms with E-state index in [1.54, 1.807) is 24.3 Å². The van der Waals surface area contributed by atoms with E-state index in [9.17, 15) is 8.42 Å². The van der Waals surface area contributed by atoms with Crippen molar-refractivity contribution in [2.75, 3.05) is 5.33 Å². The van der Waals surface area contributed by atoms with Crippen LogP contribution in [0.4, 0.5) is 0 Å². The number of sulfonamides is 1. The highest BCUT2D eigenvalue weighted by Crippen LogP contribution is 2.35. The first kappa shape index (κ1) is 16.3. The summed E-state index contributed by atoms with van der Waals surface area (Å²) in [7, 11) is -3.60.